The summed E-state index contributed by atoms with van der Waals surface area (Å²) in [5, 5.41) is 3.30. The van der Waals surface area contributed by atoms with Crippen LogP contribution in [-0.4, -0.2) is 11.0 Å². The van der Waals surface area contributed by atoms with Crippen LogP contribution in [0.1, 0.15) is 18.7 Å². The molecule has 0 radical (unpaired) electrons. The van der Waals surface area contributed by atoms with Crippen molar-refractivity contribution in [2.24, 2.45) is 0 Å². The van der Waals surface area contributed by atoms with E-state index >= 15 is 0 Å². The van der Waals surface area contributed by atoms with Gasteiger partial charge in [-0.3, -0.25) is 0 Å². The molecule has 78 valence electrons. The van der Waals surface area contributed by atoms with Gasteiger partial charge in [0.25, 0.3) is 0 Å². The molecule has 3 nitrogen and oxygen atoms in total. The molecule has 0 saturated heterocycles. The quantitative estimate of drug-likeness (QED) is 0.836. The van der Waals surface area contributed by atoms with E-state index < -0.39 is 0 Å². The van der Waals surface area contributed by atoms with Crippen LogP contribution in [0.3, 0.4) is 0 Å². The normalized spacial score (nSPS) is 16.1. The van der Waals surface area contributed by atoms with Gasteiger partial charge in [-0.1, -0.05) is 0 Å². The molecule has 1 N–H and O–H groups in total. The third kappa shape index (κ3) is 1.85. The van der Waals surface area contributed by atoms with Gasteiger partial charge in [0.2, 0.25) is 5.89 Å². The Balaban J connectivity index is 1.84. The number of halogens is 1. The first kappa shape index (κ1) is 8.85. The third-order valence-corrected chi connectivity index (χ3v) is 2.51. The standard InChI is InChI=1S/C11H11FN2O/c12-7-1-4-9-10(5-7)15-11(14-9)6-13-8-2-3-8/h1,4-5,8,13H,2-3,6H2. The molecule has 1 aromatic heterocycles. The molecular formula is C11H11FN2O. The average Bonchev–Trinajstić information content (AvgIpc) is 2.95. The summed E-state index contributed by atoms with van der Waals surface area (Å²) in [6, 6.07) is 5.01. The summed E-state index contributed by atoms with van der Waals surface area (Å²) in [5.41, 5.74) is 1.23. The highest BCUT2D eigenvalue weighted by molar-refractivity contribution is 5.72. The maximum Gasteiger partial charge on any atom is 0.209 e. The van der Waals surface area contributed by atoms with E-state index in [1.165, 1.54) is 25.0 Å². The summed E-state index contributed by atoms with van der Waals surface area (Å²) in [7, 11) is 0. The topological polar surface area (TPSA) is 38.1 Å². The van der Waals surface area contributed by atoms with E-state index in [1.807, 2.05) is 0 Å². The molecule has 0 unspecified atom stereocenters. The summed E-state index contributed by atoms with van der Waals surface area (Å²) >= 11 is 0. The zero-order chi connectivity index (χ0) is 10.3. The number of hydrogen-bond donors (Lipinski definition) is 1. The number of rotatable bonds is 3. The average molecular weight is 206 g/mol. The molecule has 1 aliphatic carbocycles. The second kappa shape index (κ2) is 3.31. The molecule has 1 aliphatic rings. The third-order valence-electron chi connectivity index (χ3n) is 2.51. The Bertz CT molecular complexity index is 490. The van der Waals surface area contributed by atoms with Gasteiger partial charge in [0.15, 0.2) is 5.58 Å². The van der Waals surface area contributed by atoms with Crippen LogP contribution in [0.15, 0.2) is 22.6 Å². The minimum Gasteiger partial charge on any atom is -0.439 e. The maximum atomic E-state index is 12.9. The van der Waals surface area contributed by atoms with Crippen molar-refractivity contribution in [3.8, 4) is 0 Å². The van der Waals surface area contributed by atoms with E-state index in [9.17, 15) is 4.39 Å². The fraction of sp³-hybridized carbons (Fsp3) is 0.364. The van der Waals surface area contributed by atoms with Crippen molar-refractivity contribution >= 4 is 11.1 Å². The highest BCUT2D eigenvalue weighted by atomic mass is 19.1. The number of aromatic nitrogens is 1. The molecule has 0 spiro atoms. The van der Waals surface area contributed by atoms with Crippen LogP contribution in [0.25, 0.3) is 11.1 Å². The second-order valence-electron chi connectivity index (χ2n) is 3.87. The largest absolute Gasteiger partial charge is 0.439 e. The lowest BCUT2D eigenvalue weighted by Crippen LogP contribution is -2.15. The lowest BCUT2D eigenvalue weighted by molar-refractivity contribution is 0.493. The Morgan fingerprint density at radius 3 is 3.13 bits per heavy atom. The monoisotopic (exact) mass is 206 g/mol. The van der Waals surface area contributed by atoms with E-state index in [0.717, 1.165) is 0 Å². The van der Waals surface area contributed by atoms with E-state index in [-0.39, 0.29) is 5.82 Å². The fourth-order valence-corrected chi connectivity index (χ4v) is 1.54. The Kier molecular flexibility index (Phi) is 1.95. The van der Waals surface area contributed by atoms with Crippen LogP contribution < -0.4 is 5.32 Å². The molecule has 1 heterocycles. The van der Waals surface area contributed by atoms with E-state index in [4.69, 9.17) is 4.42 Å². The molecule has 1 saturated carbocycles. The minimum atomic E-state index is -0.291. The number of hydrogen-bond acceptors (Lipinski definition) is 3. The van der Waals surface area contributed by atoms with Crippen LogP contribution in [0.2, 0.25) is 0 Å². The van der Waals surface area contributed by atoms with Gasteiger partial charge in [0.1, 0.15) is 11.3 Å². The highest BCUT2D eigenvalue weighted by Crippen LogP contribution is 2.20. The van der Waals surface area contributed by atoms with Crippen molar-refractivity contribution < 1.29 is 8.81 Å². The number of oxazole rings is 1. The fourth-order valence-electron chi connectivity index (χ4n) is 1.54. The Morgan fingerprint density at radius 2 is 2.33 bits per heavy atom. The maximum absolute atomic E-state index is 12.9. The lowest BCUT2D eigenvalue weighted by Gasteiger charge is -1.95. The first-order valence-electron chi connectivity index (χ1n) is 5.09. The molecule has 2 aromatic rings. The van der Waals surface area contributed by atoms with Crippen LogP contribution in [0, 0.1) is 5.82 Å². The molecule has 0 amide bonds. The summed E-state index contributed by atoms with van der Waals surface area (Å²) < 4.78 is 18.3. The second-order valence-corrected chi connectivity index (χ2v) is 3.87. The van der Waals surface area contributed by atoms with Gasteiger partial charge in [-0.05, 0) is 25.0 Å². The van der Waals surface area contributed by atoms with Gasteiger partial charge >= 0.3 is 0 Å². The molecule has 1 aromatic carbocycles. The zero-order valence-corrected chi connectivity index (χ0v) is 8.16. The van der Waals surface area contributed by atoms with Crippen molar-refractivity contribution in [2.45, 2.75) is 25.4 Å². The van der Waals surface area contributed by atoms with Crippen molar-refractivity contribution in [2.75, 3.05) is 0 Å². The van der Waals surface area contributed by atoms with Crippen LogP contribution in [0.4, 0.5) is 4.39 Å². The molecule has 0 bridgehead atoms. The van der Waals surface area contributed by atoms with Crippen molar-refractivity contribution in [1.82, 2.24) is 10.3 Å². The van der Waals surface area contributed by atoms with E-state index in [1.54, 1.807) is 6.07 Å². The summed E-state index contributed by atoms with van der Waals surface area (Å²) in [4.78, 5) is 4.26. The highest BCUT2D eigenvalue weighted by Gasteiger charge is 2.21. The van der Waals surface area contributed by atoms with Gasteiger partial charge in [-0.15, -0.1) is 0 Å². The Hall–Kier alpha value is -1.42. The van der Waals surface area contributed by atoms with Crippen LogP contribution >= 0.6 is 0 Å². The van der Waals surface area contributed by atoms with Gasteiger partial charge in [-0.2, -0.15) is 0 Å². The Morgan fingerprint density at radius 1 is 1.47 bits per heavy atom. The molecule has 0 aliphatic heterocycles. The van der Waals surface area contributed by atoms with Gasteiger partial charge in [0.05, 0.1) is 6.54 Å². The molecular weight excluding hydrogens is 195 g/mol. The van der Waals surface area contributed by atoms with Crippen LogP contribution in [-0.2, 0) is 6.54 Å². The smallest absolute Gasteiger partial charge is 0.209 e. The first-order chi connectivity index (χ1) is 7.31. The molecule has 4 heteroatoms. The predicted octanol–water partition coefficient (Wildman–Crippen LogP) is 2.22. The molecule has 0 atom stereocenters. The lowest BCUT2D eigenvalue weighted by atomic mass is 10.3. The van der Waals surface area contributed by atoms with Crippen LogP contribution in [0.5, 0.6) is 0 Å². The molecule has 3 rings (SSSR count). The van der Waals surface area contributed by atoms with E-state index in [2.05, 4.69) is 10.3 Å². The summed E-state index contributed by atoms with van der Waals surface area (Å²) in [6.07, 6.45) is 2.46. The predicted molar refractivity (Wildman–Crippen MR) is 53.8 cm³/mol. The first-order valence-corrected chi connectivity index (χ1v) is 5.09. The molecule has 15 heavy (non-hydrogen) atoms. The SMILES string of the molecule is Fc1ccc2nc(CNC3CC3)oc2c1. The minimum absolute atomic E-state index is 0.291. The molecule has 1 fully saturated rings. The van der Waals surface area contributed by atoms with Gasteiger partial charge in [0, 0.05) is 12.1 Å². The van der Waals surface area contributed by atoms with Crippen molar-refractivity contribution in [3.05, 3.63) is 29.9 Å². The number of fused-ring (bicyclic) bond motifs is 1. The van der Waals surface area contributed by atoms with Crippen molar-refractivity contribution in [3.63, 3.8) is 0 Å². The van der Waals surface area contributed by atoms with Gasteiger partial charge in [-0.25, -0.2) is 9.37 Å². The summed E-state index contributed by atoms with van der Waals surface area (Å²) in [5.74, 6) is 0.336. The Labute approximate surface area is 86.3 Å². The zero-order valence-electron chi connectivity index (χ0n) is 8.16. The van der Waals surface area contributed by atoms with Crippen molar-refractivity contribution in [1.29, 1.82) is 0 Å². The van der Waals surface area contributed by atoms with E-state index in [0.29, 0.717) is 29.6 Å². The van der Waals surface area contributed by atoms with Gasteiger partial charge < -0.3 is 9.73 Å². The number of benzene rings is 1. The number of nitrogens with one attached hydrogen (secondary N) is 1. The number of nitrogens with zero attached hydrogens (tertiary/aromatic N) is 1. The summed E-state index contributed by atoms with van der Waals surface area (Å²) in [6.45, 7) is 0.626.